The molecular formula is C25H25ClN6O. The average Bonchev–Trinajstić information content (AvgIpc) is 3.52. The molecule has 5 rings (SSSR count). The molecule has 1 saturated heterocycles. The highest BCUT2D eigenvalue weighted by Gasteiger charge is 2.29. The van der Waals surface area contributed by atoms with E-state index in [0.717, 1.165) is 36.5 Å². The van der Waals surface area contributed by atoms with Crippen molar-refractivity contribution in [1.82, 2.24) is 29.4 Å². The predicted octanol–water partition coefficient (Wildman–Crippen LogP) is 4.82. The van der Waals surface area contributed by atoms with Crippen LogP contribution in [0.1, 0.15) is 41.9 Å². The number of aromatic nitrogens is 5. The van der Waals surface area contributed by atoms with Crippen LogP contribution in [0.2, 0.25) is 5.02 Å². The van der Waals surface area contributed by atoms with Gasteiger partial charge < -0.3 is 9.47 Å². The van der Waals surface area contributed by atoms with Crippen LogP contribution in [0.5, 0.6) is 0 Å². The maximum atomic E-state index is 13.6. The summed E-state index contributed by atoms with van der Waals surface area (Å²) in [6, 6.07) is 17.3. The molecule has 33 heavy (non-hydrogen) atoms. The van der Waals surface area contributed by atoms with Crippen molar-refractivity contribution in [2.24, 2.45) is 0 Å². The number of piperidine rings is 1. The van der Waals surface area contributed by atoms with Crippen molar-refractivity contribution >= 4 is 17.5 Å². The molecular weight excluding hydrogens is 436 g/mol. The van der Waals surface area contributed by atoms with Gasteiger partial charge in [-0.25, -0.2) is 4.68 Å². The van der Waals surface area contributed by atoms with Crippen molar-refractivity contribution in [3.63, 3.8) is 0 Å². The maximum Gasteiger partial charge on any atom is 0.257 e. The Morgan fingerprint density at radius 1 is 1.06 bits per heavy atom. The first-order chi connectivity index (χ1) is 16.1. The molecule has 3 heterocycles. The average molecular weight is 461 g/mol. The highest BCUT2D eigenvalue weighted by Crippen LogP contribution is 2.30. The van der Waals surface area contributed by atoms with Gasteiger partial charge in [-0.15, -0.1) is 10.2 Å². The summed E-state index contributed by atoms with van der Waals surface area (Å²) in [6.07, 6.45) is 5.35. The molecule has 4 aromatic rings. The van der Waals surface area contributed by atoms with E-state index >= 15 is 0 Å². The first-order valence-electron chi connectivity index (χ1n) is 11.2. The molecule has 0 spiro atoms. The molecule has 1 amide bonds. The van der Waals surface area contributed by atoms with Crippen LogP contribution in [0.25, 0.3) is 16.9 Å². The van der Waals surface area contributed by atoms with E-state index in [2.05, 4.69) is 21.7 Å². The van der Waals surface area contributed by atoms with Crippen molar-refractivity contribution in [3.8, 4) is 16.9 Å². The van der Waals surface area contributed by atoms with Crippen molar-refractivity contribution in [1.29, 1.82) is 0 Å². The van der Waals surface area contributed by atoms with E-state index in [-0.39, 0.29) is 5.91 Å². The van der Waals surface area contributed by atoms with E-state index in [4.69, 9.17) is 16.7 Å². The minimum Gasteiger partial charge on any atom is -0.338 e. The third-order valence-corrected chi connectivity index (χ3v) is 6.47. The number of carbonyl (C=O) groups excluding carboxylic acids is 1. The molecule has 0 bridgehead atoms. The minimum absolute atomic E-state index is 0.00228. The van der Waals surface area contributed by atoms with Gasteiger partial charge in [0.1, 0.15) is 17.8 Å². The summed E-state index contributed by atoms with van der Waals surface area (Å²) in [5.41, 5.74) is 3.03. The van der Waals surface area contributed by atoms with Crippen molar-refractivity contribution in [2.45, 2.75) is 32.2 Å². The molecule has 0 atom stereocenters. The predicted molar refractivity (Wildman–Crippen MR) is 128 cm³/mol. The van der Waals surface area contributed by atoms with Gasteiger partial charge in [0.25, 0.3) is 5.91 Å². The lowest BCUT2D eigenvalue weighted by molar-refractivity contribution is 0.0711. The zero-order chi connectivity index (χ0) is 22.8. The molecule has 0 aliphatic carbocycles. The summed E-state index contributed by atoms with van der Waals surface area (Å²) < 4.78 is 3.86. The molecule has 1 aliphatic rings. The fraction of sp³-hybridized carbons (Fsp3) is 0.280. The Morgan fingerprint density at radius 3 is 2.48 bits per heavy atom. The molecule has 2 aromatic heterocycles. The summed E-state index contributed by atoms with van der Waals surface area (Å²) in [4.78, 5) is 15.6. The van der Waals surface area contributed by atoms with E-state index in [9.17, 15) is 4.79 Å². The lowest BCUT2D eigenvalue weighted by atomic mass is 9.95. The Bertz CT molecular complexity index is 1240. The van der Waals surface area contributed by atoms with Crippen LogP contribution in [-0.2, 0) is 6.54 Å². The Hall–Kier alpha value is -3.45. The minimum atomic E-state index is -0.00228. The second-order valence-electron chi connectivity index (χ2n) is 8.22. The molecule has 7 nitrogen and oxygen atoms in total. The van der Waals surface area contributed by atoms with Gasteiger partial charge in [-0.3, -0.25) is 4.79 Å². The third kappa shape index (κ3) is 4.28. The van der Waals surface area contributed by atoms with Crippen LogP contribution in [-0.4, -0.2) is 48.4 Å². The van der Waals surface area contributed by atoms with E-state index < -0.39 is 0 Å². The molecule has 0 N–H and O–H groups in total. The Balaban J connectivity index is 1.42. The molecule has 168 valence electrons. The number of amides is 1. The molecule has 0 unspecified atom stereocenters. The third-order valence-electron chi connectivity index (χ3n) is 6.22. The second kappa shape index (κ2) is 9.19. The van der Waals surface area contributed by atoms with Crippen LogP contribution in [0, 0.1) is 0 Å². The maximum absolute atomic E-state index is 13.6. The number of rotatable bonds is 5. The lowest BCUT2D eigenvalue weighted by Crippen LogP contribution is -2.38. The van der Waals surface area contributed by atoms with Crippen molar-refractivity contribution in [3.05, 3.63) is 83.5 Å². The number of aryl methyl sites for hydroxylation is 1. The first kappa shape index (κ1) is 21.4. The molecule has 0 radical (unpaired) electrons. The molecule has 1 aliphatic heterocycles. The SMILES string of the molecule is CCn1cnnc1C1CCN(C(=O)c2cn(-c3ccccc3)nc2-c2ccc(Cl)cc2)CC1. The van der Waals surface area contributed by atoms with Crippen LogP contribution >= 0.6 is 11.6 Å². The summed E-state index contributed by atoms with van der Waals surface area (Å²) in [6.45, 7) is 4.30. The van der Waals surface area contributed by atoms with E-state index in [0.29, 0.717) is 35.3 Å². The summed E-state index contributed by atoms with van der Waals surface area (Å²) in [7, 11) is 0. The van der Waals surface area contributed by atoms with E-state index in [1.807, 2.05) is 65.7 Å². The summed E-state index contributed by atoms with van der Waals surface area (Å²) in [5.74, 6) is 1.33. The van der Waals surface area contributed by atoms with Gasteiger partial charge in [-0.2, -0.15) is 5.10 Å². The van der Waals surface area contributed by atoms with Gasteiger partial charge in [0.05, 0.1) is 11.3 Å². The van der Waals surface area contributed by atoms with Gasteiger partial charge in [0.2, 0.25) is 0 Å². The quantitative estimate of drug-likeness (QED) is 0.428. The largest absolute Gasteiger partial charge is 0.338 e. The number of hydrogen-bond acceptors (Lipinski definition) is 4. The number of likely N-dealkylation sites (tertiary alicyclic amines) is 1. The highest BCUT2D eigenvalue weighted by molar-refractivity contribution is 6.30. The Kier molecular flexibility index (Phi) is 5.96. The fourth-order valence-corrected chi connectivity index (χ4v) is 4.53. The van der Waals surface area contributed by atoms with Gasteiger partial charge in [0, 0.05) is 42.3 Å². The molecule has 2 aromatic carbocycles. The Morgan fingerprint density at radius 2 is 1.79 bits per heavy atom. The number of hydrogen-bond donors (Lipinski definition) is 0. The van der Waals surface area contributed by atoms with Crippen LogP contribution in [0.4, 0.5) is 0 Å². The number of halogens is 1. The van der Waals surface area contributed by atoms with Gasteiger partial charge in [0.15, 0.2) is 0 Å². The second-order valence-corrected chi connectivity index (χ2v) is 8.66. The van der Waals surface area contributed by atoms with Crippen LogP contribution in [0.15, 0.2) is 67.1 Å². The zero-order valence-corrected chi connectivity index (χ0v) is 19.2. The topological polar surface area (TPSA) is 68.8 Å². The summed E-state index contributed by atoms with van der Waals surface area (Å²) in [5, 5.41) is 13.8. The van der Waals surface area contributed by atoms with Gasteiger partial charge >= 0.3 is 0 Å². The fourth-order valence-electron chi connectivity index (χ4n) is 4.40. The normalized spacial score (nSPS) is 14.5. The number of carbonyl (C=O) groups is 1. The standard InChI is InChI=1S/C25H25ClN6O/c1-2-30-17-27-28-24(30)19-12-14-31(15-13-19)25(33)22-16-32(21-6-4-3-5-7-21)29-23(22)18-8-10-20(26)11-9-18/h3-11,16-17,19H,2,12-15H2,1H3. The van der Waals surface area contributed by atoms with Crippen LogP contribution in [0.3, 0.4) is 0 Å². The number of nitrogens with zero attached hydrogens (tertiary/aromatic N) is 6. The van der Waals surface area contributed by atoms with Gasteiger partial charge in [-0.05, 0) is 44.0 Å². The molecule has 1 fully saturated rings. The monoisotopic (exact) mass is 460 g/mol. The number of benzene rings is 2. The first-order valence-corrected chi connectivity index (χ1v) is 11.6. The lowest BCUT2D eigenvalue weighted by Gasteiger charge is -2.31. The number of para-hydroxylation sites is 1. The smallest absolute Gasteiger partial charge is 0.257 e. The van der Waals surface area contributed by atoms with Crippen LogP contribution < -0.4 is 0 Å². The van der Waals surface area contributed by atoms with Crippen molar-refractivity contribution in [2.75, 3.05) is 13.1 Å². The van der Waals surface area contributed by atoms with Gasteiger partial charge in [-0.1, -0.05) is 41.9 Å². The summed E-state index contributed by atoms with van der Waals surface area (Å²) >= 11 is 6.09. The van der Waals surface area contributed by atoms with Crippen molar-refractivity contribution < 1.29 is 4.79 Å². The Labute approximate surface area is 197 Å². The zero-order valence-electron chi connectivity index (χ0n) is 18.4. The highest BCUT2D eigenvalue weighted by atomic mass is 35.5. The molecule has 0 saturated carbocycles. The van der Waals surface area contributed by atoms with E-state index in [1.165, 1.54) is 0 Å². The molecule has 8 heteroatoms. The van der Waals surface area contributed by atoms with E-state index in [1.54, 1.807) is 11.0 Å².